The molecule has 0 saturated carbocycles. The number of amides is 1. The lowest BCUT2D eigenvalue weighted by molar-refractivity contribution is -0.119. The van der Waals surface area contributed by atoms with E-state index in [0.717, 1.165) is 21.9 Å². The molecule has 0 bridgehead atoms. The zero-order valence-corrected chi connectivity index (χ0v) is 17.3. The molecular formula is C18H20BrN3O4S. The molecule has 0 atom stereocenters. The molecule has 1 amide bonds. The average Bonchev–Trinajstić information content (AvgIpc) is 2.60. The van der Waals surface area contributed by atoms with Crippen LogP contribution in [0.5, 0.6) is 5.75 Å². The van der Waals surface area contributed by atoms with Gasteiger partial charge in [0.1, 0.15) is 12.3 Å². The summed E-state index contributed by atoms with van der Waals surface area (Å²) in [6.07, 6.45) is 2.52. The Balaban J connectivity index is 2.01. The number of benzene rings is 2. The Labute approximate surface area is 167 Å². The summed E-state index contributed by atoms with van der Waals surface area (Å²) in [5.74, 6) is 0.194. The van der Waals surface area contributed by atoms with Crippen molar-refractivity contribution in [2.24, 2.45) is 5.10 Å². The number of rotatable bonds is 8. The van der Waals surface area contributed by atoms with Crippen molar-refractivity contribution in [2.45, 2.75) is 6.92 Å². The second-order valence-electron chi connectivity index (χ2n) is 5.54. The van der Waals surface area contributed by atoms with E-state index >= 15 is 0 Å². The molecule has 0 fully saturated rings. The van der Waals surface area contributed by atoms with Crippen LogP contribution in [0.15, 0.2) is 58.1 Å². The van der Waals surface area contributed by atoms with E-state index in [1.54, 1.807) is 48.5 Å². The van der Waals surface area contributed by atoms with Crippen LogP contribution in [-0.4, -0.2) is 39.9 Å². The minimum atomic E-state index is -3.63. The molecule has 2 aromatic rings. The fourth-order valence-electron chi connectivity index (χ4n) is 2.19. The molecule has 0 aliphatic rings. The molecule has 0 aliphatic heterocycles. The van der Waals surface area contributed by atoms with Gasteiger partial charge in [-0.2, -0.15) is 5.10 Å². The molecular weight excluding hydrogens is 434 g/mol. The fraction of sp³-hybridized carbons (Fsp3) is 0.222. The topological polar surface area (TPSA) is 88.1 Å². The number of nitrogens with zero attached hydrogens (tertiary/aromatic N) is 2. The van der Waals surface area contributed by atoms with Gasteiger partial charge in [-0.05, 0) is 55.0 Å². The first-order chi connectivity index (χ1) is 12.8. The highest BCUT2D eigenvalue weighted by Crippen LogP contribution is 2.21. The van der Waals surface area contributed by atoms with Crippen molar-refractivity contribution < 1.29 is 17.9 Å². The van der Waals surface area contributed by atoms with Crippen molar-refractivity contribution in [1.29, 1.82) is 0 Å². The molecule has 0 aliphatic carbocycles. The predicted molar refractivity (Wildman–Crippen MR) is 110 cm³/mol. The van der Waals surface area contributed by atoms with Crippen molar-refractivity contribution in [3.05, 3.63) is 58.6 Å². The van der Waals surface area contributed by atoms with Crippen LogP contribution in [0.4, 0.5) is 5.69 Å². The van der Waals surface area contributed by atoms with Crippen LogP contribution in [0, 0.1) is 0 Å². The van der Waals surface area contributed by atoms with Gasteiger partial charge in [0.25, 0.3) is 5.91 Å². The second kappa shape index (κ2) is 9.52. The van der Waals surface area contributed by atoms with Gasteiger partial charge >= 0.3 is 0 Å². The van der Waals surface area contributed by atoms with E-state index in [-0.39, 0.29) is 6.54 Å². The third-order valence-electron chi connectivity index (χ3n) is 3.38. The number of carbonyl (C=O) groups excluding carboxylic acids is 1. The lowest BCUT2D eigenvalue weighted by Gasteiger charge is -2.21. The summed E-state index contributed by atoms with van der Waals surface area (Å²) < 4.78 is 31.2. The third-order valence-corrected chi connectivity index (χ3v) is 5.01. The maximum Gasteiger partial charge on any atom is 0.260 e. The number of anilines is 1. The van der Waals surface area contributed by atoms with Crippen LogP contribution < -0.4 is 14.5 Å². The first-order valence-corrected chi connectivity index (χ1v) is 10.7. The Kier molecular flexibility index (Phi) is 7.37. The maximum atomic E-state index is 12.1. The Morgan fingerprint density at radius 1 is 1.26 bits per heavy atom. The number of sulfonamides is 1. The monoisotopic (exact) mass is 453 g/mol. The summed E-state index contributed by atoms with van der Waals surface area (Å²) >= 11 is 3.29. The molecule has 2 rings (SSSR count). The van der Waals surface area contributed by atoms with E-state index in [1.165, 1.54) is 6.21 Å². The molecule has 0 aromatic heterocycles. The molecule has 144 valence electrons. The fourth-order valence-corrected chi connectivity index (χ4v) is 3.43. The van der Waals surface area contributed by atoms with Crippen molar-refractivity contribution in [1.82, 2.24) is 5.43 Å². The summed E-state index contributed by atoms with van der Waals surface area (Å²) in [5, 5.41) is 3.87. The Morgan fingerprint density at radius 3 is 2.56 bits per heavy atom. The number of carbonyl (C=O) groups is 1. The van der Waals surface area contributed by atoms with Crippen molar-refractivity contribution in [2.75, 3.05) is 23.7 Å². The normalized spacial score (nSPS) is 11.4. The largest absolute Gasteiger partial charge is 0.494 e. The zero-order valence-electron chi connectivity index (χ0n) is 14.9. The molecule has 0 spiro atoms. The second-order valence-corrected chi connectivity index (χ2v) is 8.37. The lowest BCUT2D eigenvalue weighted by atomic mass is 10.2. The molecule has 27 heavy (non-hydrogen) atoms. The van der Waals surface area contributed by atoms with Gasteiger partial charge in [-0.25, -0.2) is 13.8 Å². The summed E-state index contributed by atoms with van der Waals surface area (Å²) in [5.41, 5.74) is 3.50. The van der Waals surface area contributed by atoms with Crippen LogP contribution in [0.3, 0.4) is 0 Å². The van der Waals surface area contributed by atoms with E-state index < -0.39 is 15.9 Å². The molecule has 7 nitrogen and oxygen atoms in total. The number of hydrazone groups is 1. The van der Waals surface area contributed by atoms with Crippen LogP contribution >= 0.6 is 15.9 Å². The average molecular weight is 454 g/mol. The molecule has 0 saturated heterocycles. The number of halogens is 1. The number of hydrogen-bond donors (Lipinski definition) is 1. The van der Waals surface area contributed by atoms with Crippen LogP contribution in [-0.2, 0) is 14.8 Å². The number of hydrogen-bond acceptors (Lipinski definition) is 5. The first kappa shape index (κ1) is 20.9. The highest BCUT2D eigenvalue weighted by Gasteiger charge is 2.20. The molecule has 0 radical (unpaired) electrons. The van der Waals surface area contributed by atoms with E-state index in [1.807, 2.05) is 6.92 Å². The molecule has 9 heteroatoms. The van der Waals surface area contributed by atoms with E-state index in [4.69, 9.17) is 4.74 Å². The van der Waals surface area contributed by atoms with Gasteiger partial charge in [0.2, 0.25) is 10.0 Å². The summed E-state index contributed by atoms with van der Waals surface area (Å²) in [7, 11) is -3.63. The maximum absolute atomic E-state index is 12.1. The molecule has 0 unspecified atom stereocenters. The Morgan fingerprint density at radius 2 is 1.96 bits per heavy atom. The highest BCUT2D eigenvalue weighted by molar-refractivity contribution is 9.10. The van der Waals surface area contributed by atoms with E-state index in [2.05, 4.69) is 26.5 Å². The SMILES string of the molecule is CCOc1ccc(/C=N\NC(=O)CN(c2cccc(Br)c2)S(C)(=O)=O)cc1. The van der Waals surface area contributed by atoms with Crippen LogP contribution in [0.1, 0.15) is 12.5 Å². The van der Waals surface area contributed by atoms with E-state index in [0.29, 0.717) is 16.8 Å². The Hall–Kier alpha value is -2.39. The molecule has 1 N–H and O–H groups in total. The van der Waals surface area contributed by atoms with Gasteiger partial charge in [-0.1, -0.05) is 22.0 Å². The number of nitrogens with one attached hydrogen (secondary N) is 1. The van der Waals surface area contributed by atoms with Crippen molar-refractivity contribution >= 4 is 43.8 Å². The van der Waals surface area contributed by atoms with Gasteiger partial charge in [-0.15, -0.1) is 0 Å². The van der Waals surface area contributed by atoms with E-state index in [9.17, 15) is 13.2 Å². The van der Waals surface area contributed by atoms with Crippen molar-refractivity contribution in [3.8, 4) is 5.75 Å². The zero-order chi connectivity index (χ0) is 19.9. The summed E-state index contributed by atoms with van der Waals surface area (Å²) in [6, 6.07) is 13.9. The van der Waals surface area contributed by atoms with Crippen molar-refractivity contribution in [3.63, 3.8) is 0 Å². The minimum Gasteiger partial charge on any atom is -0.494 e. The van der Waals surface area contributed by atoms with Gasteiger partial charge in [-0.3, -0.25) is 9.10 Å². The first-order valence-electron chi connectivity index (χ1n) is 8.07. The molecule has 2 aromatic carbocycles. The molecule has 0 heterocycles. The van der Waals surface area contributed by atoms with Gasteiger partial charge in [0, 0.05) is 4.47 Å². The summed E-state index contributed by atoms with van der Waals surface area (Å²) in [4.78, 5) is 12.1. The Bertz CT molecular complexity index is 914. The van der Waals surface area contributed by atoms with Gasteiger partial charge in [0.15, 0.2) is 0 Å². The standard InChI is InChI=1S/C18H20BrN3O4S/c1-3-26-17-9-7-14(8-10-17)12-20-21-18(23)13-22(27(2,24)25)16-6-4-5-15(19)11-16/h4-12H,3,13H2,1-2H3,(H,21,23)/b20-12-. The van der Waals surface area contributed by atoms with Gasteiger partial charge in [0.05, 0.1) is 24.8 Å². The minimum absolute atomic E-state index is 0.379. The lowest BCUT2D eigenvalue weighted by Crippen LogP contribution is -2.39. The smallest absolute Gasteiger partial charge is 0.260 e. The predicted octanol–water partition coefficient (Wildman–Crippen LogP) is 2.76. The highest BCUT2D eigenvalue weighted by atomic mass is 79.9. The number of ether oxygens (including phenoxy) is 1. The van der Waals surface area contributed by atoms with Crippen LogP contribution in [0.25, 0.3) is 0 Å². The van der Waals surface area contributed by atoms with Crippen LogP contribution in [0.2, 0.25) is 0 Å². The quantitative estimate of drug-likeness (QED) is 0.491. The van der Waals surface area contributed by atoms with Gasteiger partial charge < -0.3 is 4.74 Å². The third kappa shape index (κ3) is 6.69. The summed E-state index contributed by atoms with van der Waals surface area (Å²) in [6.45, 7) is 2.10.